The Morgan fingerprint density at radius 2 is 1.83 bits per heavy atom. The molecule has 4 rings (SSSR count). The van der Waals surface area contributed by atoms with Crippen molar-refractivity contribution < 1.29 is 18.0 Å². The average Bonchev–Trinajstić information content (AvgIpc) is 3.16. The van der Waals surface area contributed by atoms with Gasteiger partial charge in [-0.2, -0.15) is 13.2 Å². The average molecular weight is 411 g/mol. The second-order valence-electron chi connectivity index (χ2n) is 6.74. The number of pyridine rings is 1. The molecule has 4 aromatic rings. The number of aromatic nitrogens is 4. The predicted molar refractivity (Wildman–Crippen MR) is 103 cm³/mol. The van der Waals surface area contributed by atoms with Gasteiger partial charge in [-0.05, 0) is 23.8 Å². The van der Waals surface area contributed by atoms with Gasteiger partial charge in [0.15, 0.2) is 5.65 Å². The predicted octanol–water partition coefficient (Wildman–Crippen LogP) is 4.08. The molecule has 0 aliphatic rings. The number of rotatable bonds is 4. The lowest BCUT2D eigenvalue weighted by Crippen LogP contribution is -2.27. The number of hydrogen-bond acceptors (Lipinski definition) is 4. The van der Waals surface area contributed by atoms with E-state index in [0.717, 1.165) is 17.7 Å². The molecule has 0 radical (unpaired) electrons. The molecule has 0 saturated heterocycles. The lowest BCUT2D eigenvalue weighted by Gasteiger charge is -2.16. The molecule has 0 aliphatic carbocycles. The molecule has 3 heterocycles. The first-order valence-electron chi connectivity index (χ1n) is 8.98. The summed E-state index contributed by atoms with van der Waals surface area (Å²) in [5.41, 5.74) is 1.93. The summed E-state index contributed by atoms with van der Waals surface area (Å²) in [7, 11) is 1.66. The van der Waals surface area contributed by atoms with Gasteiger partial charge in [0.2, 0.25) is 0 Å². The van der Waals surface area contributed by atoms with Crippen molar-refractivity contribution in [2.75, 3.05) is 7.05 Å². The van der Waals surface area contributed by atoms with Crippen molar-refractivity contribution >= 4 is 11.6 Å². The molecule has 6 nitrogen and oxygen atoms in total. The molecule has 0 unspecified atom stereocenters. The van der Waals surface area contributed by atoms with Gasteiger partial charge in [0.1, 0.15) is 5.69 Å². The molecule has 1 amide bonds. The third-order valence-corrected chi connectivity index (χ3v) is 4.61. The summed E-state index contributed by atoms with van der Waals surface area (Å²) in [6.07, 6.45) is 3.46. The molecule has 0 bridgehead atoms. The van der Waals surface area contributed by atoms with E-state index in [2.05, 4.69) is 15.0 Å². The van der Waals surface area contributed by atoms with Crippen LogP contribution in [0.3, 0.4) is 0 Å². The standard InChI is InChI=1S/C21H16F3N5O/c1-28(12-14-3-2-8-25-9-14)20(30)17-13-29-18(10-27-19(29)11-26-17)15-4-6-16(7-5-15)21(22,23)24/h2-11,13H,12H2,1H3. The first-order valence-corrected chi connectivity index (χ1v) is 8.98. The third kappa shape index (κ3) is 3.86. The van der Waals surface area contributed by atoms with Crippen LogP contribution in [0.4, 0.5) is 13.2 Å². The molecule has 152 valence electrons. The second kappa shape index (κ2) is 7.58. The van der Waals surface area contributed by atoms with Crippen molar-refractivity contribution in [3.8, 4) is 11.3 Å². The Bertz CT molecular complexity index is 1190. The zero-order chi connectivity index (χ0) is 21.3. The van der Waals surface area contributed by atoms with Crippen LogP contribution in [0.5, 0.6) is 0 Å². The van der Waals surface area contributed by atoms with E-state index in [9.17, 15) is 18.0 Å². The van der Waals surface area contributed by atoms with Crippen molar-refractivity contribution in [1.29, 1.82) is 0 Å². The highest BCUT2D eigenvalue weighted by Gasteiger charge is 2.30. The molecule has 0 atom stereocenters. The lowest BCUT2D eigenvalue weighted by atomic mass is 10.1. The normalized spacial score (nSPS) is 11.6. The molecule has 0 aliphatic heterocycles. The number of amides is 1. The Morgan fingerprint density at radius 1 is 1.07 bits per heavy atom. The van der Waals surface area contributed by atoms with Gasteiger partial charge in [0.25, 0.3) is 5.91 Å². The van der Waals surface area contributed by atoms with E-state index in [1.54, 1.807) is 29.9 Å². The van der Waals surface area contributed by atoms with Crippen LogP contribution in [0.2, 0.25) is 0 Å². The topological polar surface area (TPSA) is 63.4 Å². The number of nitrogens with zero attached hydrogens (tertiary/aromatic N) is 5. The maximum atomic E-state index is 12.8. The SMILES string of the molecule is CN(Cc1cccnc1)C(=O)c1cn2c(-c3ccc(C(F)(F)F)cc3)cnc2cn1. The molecule has 0 fully saturated rings. The van der Waals surface area contributed by atoms with Crippen LogP contribution >= 0.6 is 0 Å². The summed E-state index contributed by atoms with van der Waals surface area (Å²) in [6, 6.07) is 8.45. The monoisotopic (exact) mass is 411 g/mol. The van der Waals surface area contributed by atoms with Gasteiger partial charge in [-0.15, -0.1) is 0 Å². The van der Waals surface area contributed by atoms with Gasteiger partial charge in [-0.25, -0.2) is 9.97 Å². The van der Waals surface area contributed by atoms with Gasteiger partial charge in [-0.3, -0.25) is 14.2 Å². The lowest BCUT2D eigenvalue weighted by molar-refractivity contribution is -0.137. The second-order valence-corrected chi connectivity index (χ2v) is 6.74. The summed E-state index contributed by atoms with van der Waals surface area (Å²) < 4.78 is 40.1. The summed E-state index contributed by atoms with van der Waals surface area (Å²) in [5, 5.41) is 0. The van der Waals surface area contributed by atoms with Gasteiger partial charge in [0, 0.05) is 37.7 Å². The van der Waals surface area contributed by atoms with E-state index in [1.807, 2.05) is 6.07 Å². The zero-order valence-electron chi connectivity index (χ0n) is 15.8. The Kier molecular flexibility index (Phi) is 4.94. The van der Waals surface area contributed by atoms with Gasteiger partial charge >= 0.3 is 6.18 Å². The number of carbonyl (C=O) groups is 1. The number of carbonyl (C=O) groups excluding carboxylic acids is 1. The number of fused-ring (bicyclic) bond motifs is 1. The van der Waals surface area contributed by atoms with Crippen molar-refractivity contribution in [2.24, 2.45) is 0 Å². The van der Waals surface area contributed by atoms with Crippen molar-refractivity contribution in [1.82, 2.24) is 24.3 Å². The molecule has 0 saturated carbocycles. The molecule has 0 N–H and O–H groups in total. The van der Waals surface area contributed by atoms with E-state index in [-0.39, 0.29) is 11.6 Å². The fraction of sp³-hybridized carbons (Fsp3) is 0.143. The number of hydrogen-bond donors (Lipinski definition) is 0. The smallest absolute Gasteiger partial charge is 0.336 e. The molecular formula is C21H16F3N5O. The Balaban J connectivity index is 1.63. The van der Waals surface area contributed by atoms with E-state index < -0.39 is 11.7 Å². The maximum Gasteiger partial charge on any atom is 0.416 e. The summed E-state index contributed by atoms with van der Waals surface area (Å²) in [4.78, 5) is 26.8. The first kappa shape index (κ1) is 19.6. The minimum Gasteiger partial charge on any atom is -0.336 e. The highest BCUT2D eigenvalue weighted by molar-refractivity contribution is 5.92. The maximum absolute atomic E-state index is 12.8. The van der Waals surface area contributed by atoms with Crippen molar-refractivity contribution in [2.45, 2.75) is 12.7 Å². The van der Waals surface area contributed by atoms with Gasteiger partial charge in [0.05, 0.1) is 23.7 Å². The highest BCUT2D eigenvalue weighted by Crippen LogP contribution is 2.31. The van der Waals surface area contributed by atoms with E-state index in [4.69, 9.17) is 0 Å². The number of halogens is 3. The summed E-state index contributed by atoms with van der Waals surface area (Å²) in [5.74, 6) is -0.298. The van der Waals surface area contributed by atoms with E-state index in [0.29, 0.717) is 23.4 Å². The molecule has 1 aromatic carbocycles. The quantitative estimate of drug-likeness (QED) is 0.508. The molecule has 3 aromatic heterocycles. The fourth-order valence-electron chi connectivity index (χ4n) is 3.08. The van der Waals surface area contributed by atoms with Crippen LogP contribution in [0.25, 0.3) is 16.9 Å². The van der Waals surface area contributed by atoms with Crippen LogP contribution in [0.15, 0.2) is 67.4 Å². The molecule has 9 heteroatoms. The first-order chi connectivity index (χ1) is 14.3. The van der Waals surface area contributed by atoms with Crippen LogP contribution in [0.1, 0.15) is 21.6 Å². The number of imidazole rings is 1. The number of benzene rings is 1. The summed E-state index contributed by atoms with van der Waals surface area (Å²) >= 11 is 0. The van der Waals surface area contributed by atoms with E-state index >= 15 is 0 Å². The largest absolute Gasteiger partial charge is 0.416 e. The Morgan fingerprint density at radius 3 is 2.50 bits per heavy atom. The number of alkyl halides is 3. The van der Waals surface area contributed by atoms with Crippen LogP contribution < -0.4 is 0 Å². The Labute approximate surface area is 169 Å². The molecule has 0 spiro atoms. The van der Waals surface area contributed by atoms with Gasteiger partial charge < -0.3 is 4.90 Å². The Hall–Kier alpha value is -3.75. The van der Waals surface area contributed by atoms with Crippen molar-refractivity contribution in [3.63, 3.8) is 0 Å². The third-order valence-electron chi connectivity index (χ3n) is 4.61. The molecular weight excluding hydrogens is 395 g/mol. The van der Waals surface area contributed by atoms with Crippen LogP contribution in [-0.4, -0.2) is 37.2 Å². The van der Waals surface area contributed by atoms with Crippen LogP contribution in [0, 0.1) is 0 Å². The van der Waals surface area contributed by atoms with Crippen LogP contribution in [-0.2, 0) is 12.7 Å². The fourth-order valence-corrected chi connectivity index (χ4v) is 3.08. The minimum atomic E-state index is -4.40. The zero-order valence-corrected chi connectivity index (χ0v) is 15.8. The van der Waals surface area contributed by atoms with Crippen molar-refractivity contribution in [3.05, 3.63) is 84.2 Å². The molecule has 30 heavy (non-hydrogen) atoms. The minimum absolute atomic E-state index is 0.194. The highest BCUT2D eigenvalue weighted by atomic mass is 19.4. The summed E-state index contributed by atoms with van der Waals surface area (Å²) in [6.45, 7) is 0.363. The van der Waals surface area contributed by atoms with E-state index in [1.165, 1.54) is 35.6 Å². The van der Waals surface area contributed by atoms with Gasteiger partial charge in [-0.1, -0.05) is 18.2 Å².